The summed E-state index contributed by atoms with van der Waals surface area (Å²) in [5.41, 5.74) is 15.9. The fourth-order valence-electron chi connectivity index (χ4n) is 4.50. The van der Waals surface area contributed by atoms with Gasteiger partial charge in [-0.25, -0.2) is 0 Å². The first-order chi connectivity index (χ1) is 18.0. The Labute approximate surface area is 232 Å². The largest absolute Gasteiger partial charge is 0.495 e. The molecule has 1 amide bonds. The molecule has 0 bridgehead atoms. The van der Waals surface area contributed by atoms with E-state index < -0.39 is 5.91 Å². The van der Waals surface area contributed by atoms with Crippen molar-refractivity contribution >= 4 is 46.3 Å². The molecule has 5 N–H and O–H groups in total. The van der Waals surface area contributed by atoms with Crippen molar-refractivity contribution in [1.82, 2.24) is 5.32 Å². The highest BCUT2D eigenvalue weighted by Gasteiger charge is 2.26. The van der Waals surface area contributed by atoms with Crippen molar-refractivity contribution in [2.24, 2.45) is 10.7 Å². The van der Waals surface area contributed by atoms with Crippen LogP contribution < -0.4 is 31.2 Å². The smallest absolute Gasteiger partial charge is 0.278 e. The molecule has 0 aromatic heterocycles. The van der Waals surface area contributed by atoms with Gasteiger partial charge >= 0.3 is 0 Å². The average molecular weight is 556 g/mol. The Hall–Kier alpha value is -3.46. The lowest BCUT2D eigenvalue weighted by Gasteiger charge is -2.40. The lowest BCUT2D eigenvalue weighted by Crippen LogP contribution is -2.57. The summed E-state index contributed by atoms with van der Waals surface area (Å²) in [6.45, 7) is 7.02. The van der Waals surface area contributed by atoms with Crippen molar-refractivity contribution in [2.75, 3.05) is 44.5 Å². The molecule has 0 unspecified atom stereocenters. The third-order valence-electron chi connectivity index (χ3n) is 6.46. The Balaban J connectivity index is 1.57. The molecule has 1 fully saturated rings. The summed E-state index contributed by atoms with van der Waals surface area (Å²) in [7, 11) is 3.01. The van der Waals surface area contributed by atoms with E-state index in [0.29, 0.717) is 49.5 Å². The second-order valence-corrected chi connectivity index (χ2v) is 10.4. The van der Waals surface area contributed by atoms with Crippen molar-refractivity contribution in [3.8, 4) is 22.6 Å². The van der Waals surface area contributed by atoms with E-state index in [1.54, 1.807) is 36.4 Å². The van der Waals surface area contributed by atoms with Gasteiger partial charge < -0.3 is 31.2 Å². The quantitative estimate of drug-likeness (QED) is 0.223. The van der Waals surface area contributed by atoms with Crippen LogP contribution in [0.2, 0.25) is 10.0 Å². The number of amides is 1. The lowest BCUT2D eigenvalue weighted by molar-refractivity contribution is 0.100. The van der Waals surface area contributed by atoms with Gasteiger partial charge in [0.2, 0.25) is 0 Å². The van der Waals surface area contributed by atoms with E-state index in [2.05, 4.69) is 29.1 Å². The summed E-state index contributed by atoms with van der Waals surface area (Å²) in [6, 6.07) is 14.1. The van der Waals surface area contributed by atoms with E-state index in [-0.39, 0.29) is 11.4 Å². The van der Waals surface area contributed by atoms with Crippen LogP contribution >= 0.6 is 23.2 Å². The molecular weight excluding hydrogens is 525 g/mol. The zero-order valence-corrected chi connectivity index (χ0v) is 23.3. The topological polar surface area (TPSA) is 115 Å². The molecule has 1 aliphatic heterocycles. The number of hydrogen-bond acceptors (Lipinski definition) is 6. The van der Waals surface area contributed by atoms with E-state index in [9.17, 15) is 4.79 Å². The summed E-state index contributed by atoms with van der Waals surface area (Å²) in [5.74, 6) is 0.363. The van der Waals surface area contributed by atoms with Crippen LogP contribution in [0.3, 0.4) is 0 Å². The first-order valence-corrected chi connectivity index (χ1v) is 12.8. The number of ether oxygens (including phenoxy) is 2. The molecule has 1 heterocycles. The number of anilines is 2. The predicted octanol–water partition coefficient (Wildman–Crippen LogP) is 4.99. The lowest BCUT2D eigenvalue weighted by atomic mass is 10.0. The normalized spacial score (nSPS) is 15.3. The number of nitrogens with one attached hydrogen (secondary N) is 1. The Bertz CT molecular complexity index is 1360. The van der Waals surface area contributed by atoms with Crippen molar-refractivity contribution in [2.45, 2.75) is 19.4 Å². The minimum atomic E-state index is -0.457. The first kappa shape index (κ1) is 27.6. The highest BCUT2D eigenvalue weighted by Crippen LogP contribution is 2.46. The van der Waals surface area contributed by atoms with Crippen LogP contribution in [-0.2, 0) is 0 Å². The molecule has 1 aliphatic rings. The molecule has 0 atom stereocenters. The number of piperazine rings is 1. The Morgan fingerprint density at radius 3 is 2.21 bits per heavy atom. The first-order valence-electron chi connectivity index (χ1n) is 12.0. The predicted molar refractivity (Wildman–Crippen MR) is 155 cm³/mol. The van der Waals surface area contributed by atoms with E-state index in [0.717, 1.165) is 25.3 Å². The van der Waals surface area contributed by atoms with Gasteiger partial charge in [0.05, 0.1) is 24.3 Å². The number of hydrogen-bond donors (Lipinski definition) is 3. The second kappa shape index (κ2) is 11.1. The summed E-state index contributed by atoms with van der Waals surface area (Å²) >= 11 is 13.1. The van der Waals surface area contributed by atoms with Crippen LogP contribution in [-0.4, -0.2) is 51.1 Å². The standard InChI is InChI=1S/C28H31Cl2N5O3/c1-28(2)15-35(12-11-33-28)18-8-5-16(6-9-18)27(36)34-26(32)19-10-7-17(13-20(19)31)23-24(29)21(37-3)14-22(38-4)25(23)30/h5-10,13-14,33H,11-12,15,31H2,1-4H3,(H2,32,34,36). The van der Waals surface area contributed by atoms with Crippen LogP contribution in [0.1, 0.15) is 29.8 Å². The molecule has 4 rings (SSSR count). The number of methoxy groups -OCH3 is 2. The molecule has 38 heavy (non-hydrogen) atoms. The molecule has 8 nitrogen and oxygen atoms in total. The van der Waals surface area contributed by atoms with Gasteiger partial charge in [0, 0.05) is 59.3 Å². The number of nitrogen functional groups attached to an aromatic ring is 1. The fraction of sp³-hybridized carbons (Fsp3) is 0.286. The van der Waals surface area contributed by atoms with E-state index >= 15 is 0 Å². The minimum absolute atomic E-state index is 0.00685. The summed E-state index contributed by atoms with van der Waals surface area (Å²) < 4.78 is 10.7. The molecular formula is C28H31Cl2N5O3. The molecule has 10 heteroatoms. The molecule has 0 saturated carbocycles. The number of nitrogens with zero attached hydrogens (tertiary/aromatic N) is 2. The molecule has 3 aromatic rings. The van der Waals surface area contributed by atoms with Crippen molar-refractivity contribution in [3.05, 3.63) is 69.7 Å². The number of benzene rings is 3. The summed E-state index contributed by atoms with van der Waals surface area (Å²) in [4.78, 5) is 19.2. The highest BCUT2D eigenvalue weighted by molar-refractivity contribution is 6.41. The summed E-state index contributed by atoms with van der Waals surface area (Å²) in [5, 5.41) is 4.13. The third-order valence-corrected chi connectivity index (χ3v) is 7.21. The van der Waals surface area contributed by atoms with Crippen LogP contribution in [0.15, 0.2) is 53.5 Å². The molecule has 0 spiro atoms. The van der Waals surface area contributed by atoms with Gasteiger partial charge in [-0.15, -0.1) is 0 Å². The van der Waals surface area contributed by atoms with Gasteiger partial charge in [0.1, 0.15) is 17.3 Å². The zero-order chi connectivity index (χ0) is 27.6. The van der Waals surface area contributed by atoms with Crippen LogP contribution in [0.4, 0.5) is 11.4 Å². The maximum Gasteiger partial charge on any atom is 0.278 e. The SMILES string of the molecule is COc1cc(OC)c(Cl)c(-c2ccc(C(N)=NC(=O)c3ccc(N4CCNC(C)(C)C4)cc3)c(N)c2)c1Cl. The number of carbonyl (C=O) groups excluding carboxylic acids is 1. The van der Waals surface area contributed by atoms with Gasteiger partial charge in [0.25, 0.3) is 5.91 Å². The number of aliphatic imine (C=N–C) groups is 1. The zero-order valence-electron chi connectivity index (χ0n) is 21.8. The Kier molecular flexibility index (Phi) is 8.06. The van der Waals surface area contributed by atoms with Gasteiger partial charge in [-0.3, -0.25) is 4.79 Å². The maximum atomic E-state index is 12.9. The van der Waals surface area contributed by atoms with Crippen molar-refractivity contribution in [3.63, 3.8) is 0 Å². The van der Waals surface area contributed by atoms with E-state index in [4.69, 9.17) is 44.1 Å². The van der Waals surface area contributed by atoms with Crippen molar-refractivity contribution in [1.29, 1.82) is 0 Å². The Morgan fingerprint density at radius 2 is 1.66 bits per heavy atom. The van der Waals surface area contributed by atoms with Crippen molar-refractivity contribution < 1.29 is 14.3 Å². The van der Waals surface area contributed by atoms with Crippen LogP contribution in [0, 0.1) is 0 Å². The molecule has 3 aromatic carbocycles. The maximum absolute atomic E-state index is 12.9. The Morgan fingerprint density at radius 1 is 1.03 bits per heavy atom. The van der Waals surface area contributed by atoms with Gasteiger partial charge in [0.15, 0.2) is 0 Å². The number of amidine groups is 1. The van der Waals surface area contributed by atoms with Crippen LogP contribution in [0.25, 0.3) is 11.1 Å². The minimum Gasteiger partial charge on any atom is -0.495 e. The van der Waals surface area contributed by atoms with Gasteiger partial charge in [-0.05, 0) is 55.8 Å². The number of rotatable bonds is 6. The van der Waals surface area contributed by atoms with Gasteiger partial charge in [-0.2, -0.15) is 4.99 Å². The molecule has 200 valence electrons. The highest BCUT2D eigenvalue weighted by atomic mass is 35.5. The van der Waals surface area contributed by atoms with Gasteiger partial charge in [-0.1, -0.05) is 29.3 Å². The fourth-order valence-corrected chi connectivity index (χ4v) is 5.22. The number of nitrogens with two attached hydrogens (primary N) is 2. The van der Waals surface area contributed by atoms with Crippen LogP contribution in [0.5, 0.6) is 11.5 Å². The number of halogens is 2. The summed E-state index contributed by atoms with van der Waals surface area (Å²) in [6.07, 6.45) is 0. The third kappa shape index (κ3) is 5.67. The second-order valence-electron chi connectivity index (χ2n) is 9.67. The number of carbonyl (C=O) groups is 1. The molecule has 0 aliphatic carbocycles. The van der Waals surface area contributed by atoms with E-state index in [1.807, 2.05) is 12.1 Å². The monoisotopic (exact) mass is 555 g/mol. The molecule has 1 saturated heterocycles. The molecule has 0 radical (unpaired) electrons. The average Bonchev–Trinajstić information content (AvgIpc) is 2.88. The van der Waals surface area contributed by atoms with E-state index in [1.165, 1.54) is 14.2 Å².